The number of rotatable bonds is 11. The number of benzene rings is 2. The van der Waals surface area contributed by atoms with Gasteiger partial charge in [-0.2, -0.15) is 0 Å². The predicted molar refractivity (Wildman–Crippen MR) is 140 cm³/mol. The number of sulfonamides is 1. The lowest BCUT2D eigenvalue weighted by Crippen LogP contribution is -2.53. The maximum absolute atomic E-state index is 13.6. The Morgan fingerprint density at radius 2 is 1.59 bits per heavy atom. The molecule has 0 aliphatic heterocycles. The molecule has 7 nitrogen and oxygen atoms in total. The fourth-order valence-electron chi connectivity index (χ4n) is 3.47. The summed E-state index contributed by atoms with van der Waals surface area (Å²) in [7, 11) is -3.74. The van der Waals surface area contributed by atoms with Crippen molar-refractivity contribution < 1.29 is 18.0 Å². The van der Waals surface area contributed by atoms with Crippen molar-refractivity contribution in [3.63, 3.8) is 0 Å². The molecule has 0 aromatic heterocycles. The van der Waals surface area contributed by atoms with E-state index in [-0.39, 0.29) is 18.5 Å². The molecule has 2 atom stereocenters. The molecule has 34 heavy (non-hydrogen) atoms. The number of amides is 2. The van der Waals surface area contributed by atoms with Crippen LogP contribution in [0.2, 0.25) is 0 Å². The van der Waals surface area contributed by atoms with Crippen LogP contribution in [0.3, 0.4) is 0 Å². The third-order valence-corrected chi connectivity index (χ3v) is 7.32. The molecule has 0 aliphatic carbocycles. The Balaban J connectivity index is 2.41. The highest BCUT2D eigenvalue weighted by Crippen LogP contribution is 2.22. The molecular weight excluding hydrogens is 518 g/mol. The van der Waals surface area contributed by atoms with Gasteiger partial charge in [-0.1, -0.05) is 59.6 Å². The Labute approximate surface area is 211 Å². The van der Waals surface area contributed by atoms with Crippen LogP contribution in [-0.2, 0) is 26.2 Å². The largest absolute Gasteiger partial charge is 0.352 e. The van der Waals surface area contributed by atoms with Gasteiger partial charge >= 0.3 is 0 Å². The maximum atomic E-state index is 13.6. The van der Waals surface area contributed by atoms with Crippen LogP contribution >= 0.6 is 15.9 Å². The van der Waals surface area contributed by atoms with Gasteiger partial charge in [0.2, 0.25) is 21.8 Å². The molecule has 0 radical (unpaired) electrons. The molecule has 2 rings (SSSR count). The first-order chi connectivity index (χ1) is 16.0. The molecule has 0 saturated carbocycles. The number of halogens is 1. The van der Waals surface area contributed by atoms with Crippen LogP contribution in [0.25, 0.3) is 0 Å². The van der Waals surface area contributed by atoms with Crippen LogP contribution < -0.4 is 9.62 Å². The van der Waals surface area contributed by atoms with Gasteiger partial charge < -0.3 is 10.2 Å². The van der Waals surface area contributed by atoms with Crippen molar-refractivity contribution in [2.45, 2.75) is 59.2 Å². The first-order valence-electron chi connectivity index (χ1n) is 11.3. The number of hydrogen-bond donors (Lipinski definition) is 1. The smallest absolute Gasteiger partial charge is 0.244 e. The predicted octanol–water partition coefficient (Wildman–Crippen LogP) is 4.25. The van der Waals surface area contributed by atoms with Crippen molar-refractivity contribution in [1.82, 2.24) is 10.2 Å². The molecular formula is C25H34BrN3O4S. The average Bonchev–Trinajstić information content (AvgIpc) is 2.78. The number of carbonyl (C=O) groups is 2. The van der Waals surface area contributed by atoms with Gasteiger partial charge in [0.05, 0.1) is 11.9 Å². The van der Waals surface area contributed by atoms with Crippen LogP contribution in [-0.4, -0.2) is 50.0 Å². The summed E-state index contributed by atoms with van der Waals surface area (Å²) in [5.41, 5.74) is 2.33. The number of nitrogens with zero attached hydrogens (tertiary/aromatic N) is 2. The number of carbonyl (C=O) groups excluding carboxylic acids is 2. The van der Waals surface area contributed by atoms with Crippen LogP contribution in [0, 0.1) is 6.92 Å². The monoisotopic (exact) mass is 551 g/mol. The SMILES string of the molecule is CC[C@H](C(=O)N[C@@H](C)CC)N(Cc1ccc(C)cc1)C(=O)CN(c1ccc(Br)cc1)S(C)(=O)=O. The van der Waals surface area contributed by atoms with E-state index in [0.717, 1.165) is 32.6 Å². The normalized spacial score (nSPS) is 13.1. The van der Waals surface area contributed by atoms with E-state index in [1.807, 2.05) is 52.0 Å². The molecule has 0 heterocycles. The molecule has 1 N–H and O–H groups in total. The lowest BCUT2D eigenvalue weighted by molar-refractivity contribution is -0.140. The first kappa shape index (κ1) is 27.9. The summed E-state index contributed by atoms with van der Waals surface area (Å²) in [6.07, 6.45) is 2.23. The van der Waals surface area contributed by atoms with Crippen molar-refractivity contribution in [2.24, 2.45) is 0 Å². The van der Waals surface area contributed by atoms with Crippen molar-refractivity contribution in [1.29, 1.82) is 0 Å². The summed E-state index contributed by atoms with van der Waals surface area (Å²) in [6, 6.07) is 13.7. The molecule has 2 aromatic carbocycles. The fourth-order valence-corrected chi connectivity index (χ4v) is 4.59. The van der Waals surface area contributed by atoms with Crippen LogP contribution in [0.5, 0.6) is 0 Å². The molecule has 0 unspecified atom stereocenters. The summed E-state index contributed by atoms with van der Waals surface area (Å²) >= 11 is 3.34. The minimum absolute atomic E-state index is 0.0341. The molecule has 2 amide bonds. The topological polar surface area (TPSA) is 86.8 Å². The van der Waals surface area contributed by atoms with Crippen LogP contribution in [0.4, 0.5) is 5.69 Å². The summed E-state index contributed by atoms with van der Waals surface area (Å²) < 4.78 is 27.1. The Morgan fingerprint density at radius 1 is 1.00 bits per heavy atom. The summed E-state index contributed by atoms with van der Waals surface area (Å²) in [4.78, 5) is 28.2. The quantitative estimate of drug-likeness (QED) is 0.452. The molecule has 186 valence electrons. The summed E-state index contributed by atoms with van der Waals surface area (Å²) in [5, 5.41) is 2.96. The lowest BCUT2D eigenvalue weighted by Gasteiger charge is -2.33. The fraction of sp³-hybridized carbons (Fsp3) is 0.440. The van der Waals surface area contributed by atoms with E-state index in [1.165, 1.54) is 4.90 Å². The zero-order chi connectivity index (χ0) is 25.5. The van der Waals surface area contributed by atoms with Gasteiger partial charge in [-0.25, -0.2) is 8.42 Å². The summed E-state index contributed by atoms with van der Waals surface area (Å²) in [5.74, 6) is -0.688. The standard InChI is InChI=1S/C25H34BrN3O4S/c1-6-19(4)27-25(31)23(7-2)28(16-20-10-8-18(3)9-11-20)24(30)17-29(34(5,32)33)22-14-12-21(26)13-15-22/h8-15,19,23H,6-7,16-17H2,1-5H3,(H,27,31)/t19-,23+/m0/s1. The maximum Gasteiger partial charge on any atom is 0.244 e. The Bertz CT molecular complexity index is 1070. The third-order valence-electron chi connectivity index (χ3n) is 5.65. The second-order valence-electron chi connectivity index (χ2n) is 8.50. The number of hydrogen-bond acceptors (Lipinski definition) is 4. The van der Waals surface area contributed by atoms with Crippen molar-refractivity contribution in [2.75, 3.05) is 17.1 Å². The van der Waals surface area contributed by atoms with E-state index >= 15 is 0 Å². The van der Waals surface area contributed by atoms with E-state index in [2.05, 4.69) is 21.2 Å². The van der Waals surface area contributed by atoms with Crippen LogP contribution in [0.1, 0.15) is 44.7 Å². The van der Waals surface area contributed by atoms with E-state index in [4.69, 9.17) is 0 Å². The van der Waals surface area contributed by atoms with Crippen molar-refractivity contribution >= 4 is 43.5 Å². The minimum Gasteiger partial charge on any atom is -0.352 e. The number of nitrogens with one attached hydrogen (secondary N) is 1. The van der Waals surface area contributed by atoms with Crippen LogP contribution in [0.15, 0.2) is 53.0 Å². The van der Waals surface area contributed by atoms with Gasteiger partial charge in [-0.05, 0) is 56.5 Å². The second-order valence-corrected chi connectivity index (χ2v) is 11.3. The van der Waals surface area contributed by atoms with Crippen molar-refractivity contribution in [3.05, 3.63) is 64.1 Å². The molecule has 0 fully saturated rings. The number of aryl methyl sites for hydroxylation is 1. The van der Waals surface area contributed by atoms with Gasteiger partial charge in [0.25, 0.3) is 0 Å². The van der Waals surface area contributed by atoms with E-state index < -0.39 is 28.5 Å². The molecule has 2 aromatic rings. The van der Waals surface area contributed by atoms with Gasteiger partial charge in [-0.15, -0.1) is 0 Å². The van der Waals surface area contributed by atoms with E-state index in [1.54, 1.807) is 24.3 Å². The highest BCUT2D eigenvalue weighted by atomic mass is 79.9. The second kappa shape index (κ2) is 12.4. The zero-order valence-electron chi connectivity index (χ0n) is 20.4. The van der Waals surface area contributed by atoms with Crippen molar-refractivity contribution in [3.8, 4) is 0 Å². The van der Waals surface area contributed by atoms with Gasteiger partial charge in [-0.3, -0.25) is 13.9 Å². The molecule has 0 spiro atoms. The third kappa shape index (κ3) is 7.84. The Hall–Kier alpha value is -2.39. The van der Waals surface area contributed by atoms with E-state index in [9.17, 15) is 18.0 Å². The van der Waals surface area contributed by atoms with E-state index in [0.29, 0.717) is 12.1 Å². The highest BCUT2D eigenvalue weighted by Gasteiger charge is 2.32. The molecule has 0 saturated heterocycles. The molecule has 0 aliphatic rings. The van der Waals surface area contributed by atoms with Gasteiger partial charge in [0.15, 0.2) is 0 Å². The lowest BCUT2D eigenvalue weighted by atomic mass is 10.1. The Morgan fingerprint density at radius 3 is 2.09 bits per heavy atom. The zero-order valence-corrected chi connectivity index (χ0v) is 22.8. The first-order valence-corrected chi connectivity index (χ1v) is 14.0. The number of anilines is 1. The van der Waals surface area contributed by atoms with Gasteiger partial charge in [0.1, 0.15) is 12.6 Å². The minimum atomic E-state index is -3.74. The summed E-state index contributed by atoms with van der Waals surface area (Å²) in [6.45, 7) is 7.50. The Kier molecular flexibility index (Phi) is 10.1. The average molecular weight is 553 g/mol. The van der Waals surface area contributed by atoms with Gasteiger partial charge in [0, 0.05) is 17.1 Å². The molecule has 0 bridgehead atoms. The molecule has 9 heteroatoms. The highest BCUT2D eigenvalue weighted by molar-refractivity contribution is 9.10.